The van der Waals surface area contributed by atoms with Gasteiger partial charge in [0.05, 0.1) is 18.7 Å². The van der Waals surface area contributed by atoms with Gasteiger partial charge in [-0.2, -0.15) is 0 Å². The van der Waals surface area contributed by atoms with Gasteiger partial charge >= 0.3 is 5.97 Å². The molecule has 158 valence electrons. The van der Waals surface area contributed by atoms with E-state index in [1.165, 1.54) is 0 Å². The maximum Gasteiger partial charge on any atom is 0.338 e. The van der Waals surface area contributed by atoms with E-state index in [1.54, 1.807) is 42.5 Å². The summed E-state index contributed by atoms with van der Waals surface area (Å²) in [5.74, 6) is -0.578. The lowest BCUT2D eigenvalue weighted by Gasteiger charge is -2.16. The molecule has 2 aromatic rings. The topological polar surface area (TPSA) is 87.7 Å². The minimum atomic E-state index is -0.375. The number of amides is 2. The van der Waals surface area contributed by atoms with Crippen molar-refractivity contribution in [1.29, 1.82) is 0 Å². The summed E-state index contributed by atoms with van der Waals surface area (Å²) in [6.45, 7) is 3.97. The van der Waals surface area contributed by atoms with Crippen LogP contribution in [0, 0.1) is 0 Å². The molecule has 0 spiro atoms. The summed E-state index contributed by atoms with van der Waals surface area (Å²) in [5, 5.41) is 5.82. The molecule has 30 heavy (non-hydrogen) atoms. The summed E-state index contributed by atoms with van der Waals surface area (Å²) in [6.07, 6.45) is 2.86. The lowest BCUT2D eigenvalue weighted by Crippen LogP contribution is -2.27. The molecule has 1 aliphatic heterocycles. The third-order valence-electron chi connectivity index (χ3n) is 4.80. The summed E-state index contributed by atoms with van der Waals surface area (Å²) in [5.41, 5.74) is 2.36. The molecule has 7 nitrogen and oxygen atoms in total. The minimum absolute atomic E-state index is 0.0261. The molecule has 0 radical (unpaired) electrons. The molecule has 0 bridgehead atoms. The number of anilines is 2. The van der Waals surface area contributed by atoms with Crippen molar-refractivity contribution in [2.24, 2.45) is 0 Å². The van der Waals surface area contributed by atoms with E-state index in [1.807, 2.05) is 17.9 Å². The molecule has 1 saturated heterocycles. The van der Waals surface area contributed by atoms with Crippen molar-refractivity contribution in [2.75, 3.05) is 36.9 Å². The fourth-order valence-electron chi connectivity index (χ4n) is 3.22. The van der Waals surface area contributed by atoms with Crippen molar-refractivity contribution in [3.63, 3.8) is 0 Å². The smallest absolute Gasteiger partial charge is 0.338 e. The second kappa shape index (κ2) is 10.4. The Bertz CT molecular complexity index is 890. The first-order chi connectivity index (χ1) is 14.6. The van der Waals surface area contributed by atoms with E-state index in [9.17, 15) is 14.4 Å². The summed E-state index contributed by atoms with van der Waals surface area (Å²) in [4.78, 5) is 38.4. The molecule has 2 aromatic carbocycles. The van der Waals surface area contributed by atoms with Gasteiger partial charge in [0.25, 0.3) is 5.91 Å². The Morgan fingerprint density at radius 1 is 0.967 bits per heavy atom. The van der Waals surface area contributed by atoms with Crippen LogP contribution in [0.3, 0.4) is 0 Å². The second-order valence-corrected chi connectivity index (χ2v) is 7.20. The highest BCUT2D eigenvalue weighted by Crippen LogP contribution is 2.16. The van der Waals surface area contributed by atoms with Gasteiger partial charge in [0.1, 0.15) is 0 Å². The molecule has 0 atom stereocenters. The molecule has 2 N–H and O–H groups in total. The number of hydrogen-bond donors (Lipinski definition) is 2. The van der Waals surface area contributed by atoms with Gasteiger partial charge in [-0.15, -0.1) is 0 Å². The number of ether oxygens (including phenoxy) is 1. The van der Waals surface area contributed by atoms with Crippen LogP contribution in [0.5, 0.6) is 0 Å². The van der Waals surface area contributed by atoms with Crippen molar-refractivity contribution in [2.45, 2.75) is 26.2 Å². The molecule has 1 aliphatic rings. The first-order valence-corrected chi connectivity index (χ1v) is 10.3. The molecular weight excluding hydrogens is 382 g/mol. The highest BCUT2D eigenvalue weighted by atomic mass is 16.5. The van der Waals surface area contributed by atoms with Crippen molar-refractivity contribution in [1.82, 2.24) is 4.90 Å². The normalized spacial score (nSPS) is 13.0. The fourth-order valence-corrected chi connectivity index (χ4v) is 3.22. The van der Waals surface area contributed by atoms with Crippen LogP contribution in [0.15, 0.2) is 48.5 Å². The summed E-state index contributed by atoms with van der Waals surface area (Å²) < 4.78 is 5.08. The highest BCUT2D eigenvalue weighted by molar-refractivity contribution is 5.96. The van der Waals surface area contributed by atoms with Crippen LogP contribution < -0.4 is 10.6 Å². The Morgan fingerprint density at radius 2 is 1.70 bits per heavy atom. The van der Waals surface area contributed by atoms with Crippen molar-refractivity contribution in [3.05, 3.63) is 59.7 Å². The van der Waals surface area contributed by atoms with E-state index in [0.717, 1.165) is 32.4 Å². The lowest BCUT2D eigenvalue weighted by molar-refractivity contribution is -0.114. The number of benzene rings is 2. The Hall–Kier alpha value is -3.35. The SMILES string of the molecule is CCCOC(=O)c1ccc(NC(=O)CNc2cccc(C(=O)N3CCCC3)c2)cc1. The van der Waals surface area contributed by atoms with Crippen LogP contribution in [0.25, 0.3) is 0 Å². The van der Waals surface area contributed by atoms with Crippen molar-refractivity contribution in [3.8, 4) is 0 Å². The summed E-state index contributed by atoms with van der Waals surface area (Å²) in [6, 6.07) is 13.8. The van der Waals surface area contributed by atoms with E-state index in [-0.39, 0.29) is 24.3 Å². The quantitative estimate of drug-likeness (QED) is 0.651. The molecule has 0 unspecified atom stereocenters. The Labute approximate surface area is 176 Å². The minimum Gasteiger partial charge on any atom is -0.462 e. The molecule has 2 amide bonds. The number of carbonyl (C=O) groups excluding carboxylic acids is 3. The van der Waals surface area contributed by atoms with E-state index in [2.05, 4.69) is 10.6 Å². The van der Waals surface area contributed by atoms with Crippen molar-refractivity contribution >= 4 is 29.2 Å². The zero-order valence-electron chi connectivity index (χ0n) is 17.1. The van der Waals surface area contributed by atoms with E-state index >= 15 is 0 Å². The van der Waals surface area contributed by atoms with Gasteiger partial charge in [-0.25, -0.2) is 4.79 Å². The average Bonchev–Trinajstić information content (AvgIpc) is 3.31. The molecule has 1 fully saturated rings. The van der Waals surface area contributed by atoms with Gasteiger partial charge in [-0.05, 0) is 61.7 Å². The zero-order chi connectivity index (χ0) is 21.3. The van der Waals surface area contributed by atoms with E-state index < -0.39 is 0 Å². The van der Waals surface area contributed by atoms with E-state index in [4.69, 9.17) is 4.74 Å². The largest absolute Gasteiger partial charge is 0.462 e. The number of hydrogen-bond acceptors (Lipinski definition) is 5. The maximum atomic E-state index is 12.5. The average molecular weight is 409 g/mol. The van der Waals surface area contributed by atoms with Gasteiger partial charge in [-0.3, -0.25) is 9.59 Å². The first kappa shape index (κ1) is 21.4. The van der Waals surface area contributed by atoms with Gasteiger partial charge in [0.2, 0.25) is 5.91 Å². The predicted octanol–water partition coefficient (Wildman–Crippen LogP) is 3.54. The number of nitrogens with one attached hydrogen (secondary N) is 2. The number of carbonyl (C=O) groups is 3. The second-order valence-electron chi connectivity index (χ2n) is 7.20. The van der Waals surface area contributed by atoms with Gasteiger partial charge < -0.3 is 20.3 Å². The Morgan fingerprint density at radius 3 is 2.40 bits per heavy atom. The van der Waals surface area contributed by atoms with Crippen LogP contribution in [-0.4, -0.2) is 48.9 Å². The fraction of sp³-hybridized carbons (Fsp3) is 0.348. The molecule has 7 heteroatoms. The Kier molecular flexibility index (Phi) is 7.43. The van der Waals surface area contributed by atoms with Gasteiger partial charge in [0.15, 0.2) is 0 Å². The first-order valence-electron chi connectivity index (χ1n) is 10.3. The van der Waals surface area contributed by atoms with Crippen LogP contribution in [0.1, 0.15) is 46.9 Å². The monoisotopic (exact) mass is 409 g/mol. The van der Waals surface area contributed by atoms with Gasteiger partial charge in [0, 0.05) is 30.0 Å². The molecular formula is C23H27N3O4. The highest BCUT2D eigenvalue weighted by Gasteiger charge is 2.19. The van der Waals surface area contributed by atoms with Crippen LogP contribution >= 0.6 is 0 Å². The molecule has 0 aromatic heterocycles. The molecule has 3 rings (SSSR count). The van der Waals surface area contributed by atoms with Crippen LogP contribution in [0.2, 0.25) is 0 Å². The van der Waals surface area contributed by atoms with Gasteiger partial charge in [-0.1, -0.05) is 13.0 Å². The standard InChI is InChI=1S/C23H27N3O4/c1-2-14-30-23(29)17-8-10-19(11-9-17)25-21(27)16-24-20-7-5-6-18(15-20)22(28)26-12-3-4-13-26/h5-11,15,24H,2-4,12-14,16H2,1H3,(H,25,27). The van der Waals surface area contributed by atoms with Crippen LogP contribution in [0.4, 0.5) is 11.4 Å². The number of rotatable bonds is 8. The maximum absolute atomic E-state index is 12.5. The molecule has 0 saturated carbocycles. The predicted molar refractivity (Wildman–Crippen MR) is 116 cm³/mol. The number of likely N-dealkylation sites (tertiary alicyclic amines) is 1. The van der Waals surface area contributed by atoms with Crippen LogP contribution in [-0.2, 0) is 9.53 Å². The number of esters is 1. The van der Waals surface area contributed by atoms with E-state index in [0.29, 0.717) is 29.1 Å². The number of nitrogens with zero attached hydrogens (tertiary/aromatic N) is 1. The molecule has 0 aliphatic carbocycles. The Balaban J connectivity index is 1.50. The zero-order valence-corrected chi connectivity index (χ0v) is 17.1. The third-order valence-corrected chi connectivity index (χ3v) is 4.80. The van der Waals surface area contributed by atoms with Crippen molar-refractivity contribution < 1.29 is 19.1 Å². The lowest BCUT2D eigenvalue weighted by atomic mass is 10.1. The summed E-state index contributed by atoms with van der Waals surface area (Å²) >= 11 is 0. The summed E-state index contributed by atoms with van der Waals surface area (Å²) in [7, 11) is 0. The molecule has 1 heterocycles. The third kappa shape index (κ3) is 5.83.